The number of hydrogen-bond donors (Lipinski definition) is 1. The second-order valence-corrected chi connectivity index (χ2v) is 3.84. The largest absolute Gasteiger partial charge is 0.573 e. The first-order valence-electron chi connectivity index (χ1n) is 5.05. The van der Waals surface area contributed by atoms with Gasteiger partial charge in [-0.3, -0.25) is 0 Å². The number of nitrogens with zero attached hydrogens (tertiary/aromatic N) is 1. The highest BCUT2D eigenvalue weighted by atomic mass is 19.4. The Balaban J connectivity index is 2.92. The van der Waals surface area contributed by atoms with E-state index in [2.05, 4.69) is 4.74 Å². The Kier molecular flexibility index (Phi) is 4.36. The molecular formula is C11H15F3N2O. The van der Waals surface area contributed by atoms with Crippen molar-refractivity contribution in [3.05, 3.63) is 29.8 Å². The molecule has 0 radical (unpaired) electrons. The monoisotopic (exact) mass is 248 g/mol. The van der Waals surface area contributed by atoms with E-state index < -0.39 is 6.36 Å². The molecule has 0 aliphatic rings. The second-order valence-electron chi connectivity index (χ2n) is 3.84. The van der Waals surface area contributed by atoms with Gasteiger partial charge in [-0.2, -0.15) is 0 Å². The van der Waals surface area contributed by atoms with Gasteiger partial charge in [-0.15, -0.1) is 13.2 Å². The highest BCUT2D eigenvalue weighted by molar-refractivity contribution is 5.31. The molecule has 0 bridgehead atoms. The second kappa shape index (κ2) is 5.37. The highest BCUT2D eigenvalue weighted by Crippen LogP contribution is 2.26. The highest BCUT2D eigenvalue weighted by Gasteiger charge is 2.31. The standard InChI is InChI=1S/C11H15F3N2O/c1-16(2)10(7-15)8-4-3-5-9(6-8)17-11(12,13)14/h3-6,10H,7,15H2,1-2H3. The lowest BCUT2D eigenvalue weighted by Crippen LogP contribution is -2.27. The van der Waals surface area contributed by atoms with Crippen molar-refractivity contribution in [1.82, 2.24) is 4.90 Å². The summed E-state index contributed by atoms with van der Waals surface area (Å²) >= 11 is 0. The maximum atomic E-state index is 12.1. The fourth-order valence-electron chi connectivity index (χ4n) is 1.56. The lowest BCUT2D eigenvalue weighted by molar-refractivity contribution is -0.274. The van der Waals surface area contributed by atoms with Crippen LogP contribution in [0.2, 0.25) is 0 Å². The number of halogens is 3. The van der Waals surface area contributed by atoms with E-state index in [0.29, 0.717) is 12.1 Å². The molecule has 2 N–H and O–H groups in total. The van der Waals surface area contributed by atoms with Crippen molar-refractivity contribution in [1.29, 1.82) is 0 Å². The summed E-state index contributed by atoms with van der Waals surface area (Å²) in [5, 5.41) is 0. The van der Waals surface area contributed by atoms with Crippen LogP contribution in [0.3, 0.4) is 0 Å². The van der Waals surface area contributed by atoms with Crippen LogP contribution in [0.1, 0.15) is 11.6 Å². The van der Waals surface area contributed by atoms with Gasteiger partial charge in [0.25, 0.3) is 0 Å². The van der Waals surface area contributed by atoms with Crippen LogP contribution in [0.15, 0.2) is 24.3 Å². The molecule has 0 heterocycles. The van der Waals surface area contributed by atoms with Crippen molar-refractivity contribution in [3.63, 3.8) is 0 Å². The summed E-state index contributed by atoms with van der Waals surface area (Å²) in [6, 6.07) is 5.72. The van der Waals surface area contributed by atoms with Gasteiger partial charge in [-0.25, -0.2) is 0 Å². The Labute approximate surface area is 98.0 Å². The van der Waals surface area contributed by atoms with Crippen LogP contribution in [-0.2, 0) is 0 Å². The number of rotatable bonds is 4. The lowest BCUT2D eigenvalue weighted by Gasteiger charge is -2.23. The molecule has 6 heteroatoms. The number of hydrogen-bond acceptors (Lipinski definition) is 3. The van der Waals surface area contributed by atoms with Crippen LogP contribution in [-0.4, -0.2) is 31.9 Å². The molecule has 1 rings (SSSR count). The van der Waals surface area contributed by atoms with Gasteiger partial charge in [0, 0.05) is 12.6 Å². The molecule has 0 aliphatic heterocycles. The number of likely N-dealkylation sites (N-methyl/N-ethyl adjacent to an activating group) is 1. The predicted octanol–water partition coefficient (Wildman–Crippen LogP) is 2.15. The molecule has 0 aliphatic carbocycles. The van der Waals surface area contributed by atoms with E-state index in [9.17, 15) is 13.2 Å². The Hall–Kier alpha value is -1.27. The average molecular weight is 248 g/mol. The molecule has 0 spiro atoms. The van der Waals surface area contributed by atoms with Crippen LogP contribution >= 0.6 is 0 Å². The first-order chi connectivity index (χ1) is 7.83. The normalized spacial score (nSPS) is 13.8. The number of benzene rings is 1. The number of ether oxygens (including phenoxy) is 1. The van der Waals surface area contributed by atoms with Crippen molar-refractivity contribution in [2.24, 2.45) is 5.73 Å². The summed E-state index contributed by atoms with van der Waals surface area (Å²) in [5.74, 6) is -0.227. The first-order valence-corrected chi connectivity index (χ1v) is 5.05. The van der Waals surface area contributed by atoms with Gasteiger partial charge < -0.3 is 15.4 Å². The van der Waals surface area contributed by atoms with Crippen LogP contribution in [0.25, 0.3) is 0 Å². The number of alkyl halides is 3. The van der Waals surface area contributed by atoms with E-state index in [0.717, 1.165) is 0 Å². The molecule has 0 amide bonds. The molecule has 1 aromatic rings. The molecule has 0 aromatic heterocycles. The minimum absolute atomic E-state index is 0.133. The van der Waals surface area contributed by atoms with Crippen molar-refractivity contribution in [2.45, 2.75) is 12.4 Å². The van der Waals surface area contributed by atoms with Gasteiger partial charge in [-0.05, 0) is 31.8 Å². The zero-order valence-electron chi connectivity index (χ0n) is 9.66. The van der Waals surface area contributed by atoms with Crippen LogP contribution in [0.4, 0.5) is 13.2 Å². The third-order valence-electron chi connectivity index (χ3n) is 2.32. The maximum Gasteiger partial charge on any atom is 0.573 e. The fraction of sp³-hybridized carbons (Fsp3) is 0.455. The minimum atomic E-state index is -4.67. The minimum Gasteiger partial charge on any atom is -0.406 e. The lowest BCUT2D eigenvalue weighted by atomic mass is 10.1. The summed E-state index contributed by atoms with van der Waals surface area (Å²) < 4.78 is 40.0. The quantitative estimate of drug-likeness (QED) is 0.887. The molecular weight excluding hydrogens is 233 g/mol. The Morgan fingerprint density at radius 3 is 2.47 bits per heavy atom. The summed E-state index contributed by atoms with van der Waals surface area (Å²) in [5.41, 5.74) is 6.27. The summed E-state index contributed by atoms with van der Waals surface area (Å²) in [4.78, 5) is 1.84. The van der Waals surface area contributed by atoms with Crippen LogP contribution in [0, 0.1) is 0 Å². The molecule has 17 heavy (non-hydrogen) atoms. The molecule has 3 nitrogen and oxygen atoms in total. The van der Waals surface area contributed by atoms with E-state index in [-0.39, 0.29) is 11.8 Å². The van der Waals surface area contributed by atoms with E-state index in [1.54, 1.807) is 6.07 Å². The van der Waals surface area contributed by atoms with Crippen molar-refractivity contribution < 1.29 is 17.9 Å². The fourth-order valence-corrected chi connectivity index (χ4v) is 1.56. The van der Waals surface area contributed by atoms with Gasteiger partial charge in [0.1, 0.15) is 5.75 Å². The molecule has 0 saturated carbocycles. The third kappa shape index (κ3) is 4.24. The smallest absolute Gasteiger partial charge is 0.406 e. The maximum absolute atomic E-state index is 12.1. The summed E-state index contributed by atoms with van der Waals surface area (Å²) in [6.45, 7) is 0.322. The first kappa shape index (κ1) is 13.8. The summed E-state index contributed by atoms with van der Waals surface area (Å²) in [7, 11) is 3.63. The van der Waals surface area contributed by atoms with Crippen molar-refractivity contribution >= 4 is 0 Å². The van der Waals surface area contributed by atoms with E-state index in [1.807, 2.05) is 19.0 Å². The van der Waals surface area contributed by atoms with E-state index in [4.69, 9.17) is 5.73 Å². The van der Waals surface area contributed by atoms with E-state index in [1.165, 1.54) is 18.2 Å². The van der Waals surface area contributed by atoms with Crippen molar-refractivity contribution in [2.75, 3.05) is 20.6 Å². The van der Waals surface area contributed by atoms with Crippen LogP contribution < -0.4 is 10.5 Å². The van der Waals surface area contributed by atoms with Gasteiger partial charge in [0.15, 0.2) is 0 Å². The summed E-state index contributed by atoms with van der Waals surface area (Å²) in [6.07, 6.45) is -4.67. The zero-order chi connectivity index (χ0) is 13.1. The predicted molar refractivity (Wildman–Crippen MR) is 58.6 cm³/mol. The Morgan fingerprint density at radius 1 is 1.35 bits per heavy atom. The zero-order valence-corrected chi connectivity index (χ0v) is 9.66. The molecule has 1 atom stereocenters. The van der Waals surface area contributed by atoms with E-state index >= 15 is 0 Å². The Morgan fingerprint density at radius 2 is 2.00 bits per heavy atom. The molecule has 1 unspecified atom stereocenters. The molecule has 96 valence electrons. The molecule has 0 fully saturated rings. The van der Waals surface area contributed by atoms with Gasteiger partial charge in [0.05, 0.1) is 0 Å². The molecule has 0 saturated heterocycles. The molecule has 1 aromatic carbocycles. The van der Waals surface area contributed by atoms with Gasteiger partial charge in [0.2, 0.25) is 0 Å². The third-order valence-corrected chi connectivity index (χ3v) is 2.32. The van der Waals surface area contributed by atoms with Crippen molar-refractivity contribution in [3.8, 4) is 5.75 Å². The Bertz CT molecular complexity index is 366. The topological polar surface area (TPSA) is 38.5 Å². The SMILES string of the molecule is CN(C)C(CN)c1cccc(OC(F)(F)F)c1. The van der Waals surface area contributed by atoms with Gasteiger partial charge >= 0.3 is 6.36 Å². The average Bonchev–Trinajstić information content (AvgIpc) is 2.15. The van der Waals surface area contributed by atoms with Gasteiger partial charge in [-0.1, -0.05) is 12.1 Å². The number of nitrogens with two attached hydrogens (primary N) is 1. The van der Waals surface area contributed by atoms with Crippen LogP contribution in [0.5, 0.6) is 5.75 Å².